The number of carbonyl (C=O) groups is 1. The topological polar surface area (TPSA) is 146 Å². The zero-order chi connectivity index (χ0) is 26.2. The second-order valence-corrected chi connectivity index (χ2v) is 8.16. The molecule has 0 saturated carbocycles. The average Bonchev–Trinajstić information content (AvgIpc) is 3.73. The SMILES string of the molecule is O=Cc1ccc(-c2ccccc2-c2nn[nH]n2)cc1.OCc1ccc(-c2ccccc2-c2nn[nH]n2)cc1. The molecule has 0 atom stereocenters. The van der Waals surface area contributed by atoms with Crippen LogP contribution in [0.3, 0.4) is 0 Å². The smallest absolute Gasteiger partial charge is 0.205 e. The van der Waals surface area contributed by atoms with Gasteiger partial charge in [-0.25, -0.2) is 0 Å². The Morgan fingerprint density at radius 1 is 0.605 bits per heavy atom. The lowest BCUT2D eigenvalue weighted by molar-refractivity contribution is 0.112. The molecule has 10 heteroatoms. The molecule has 2 aromatic heterocycles. The van der Waals surface area contributed by atoms with E-state index in [0.29, 0.717) is 17.2 Å². The summed E-state index contributed by atoms with van der Waals surface area (Å²) in [5.41, 5.74) is 7.46. The molecule has 0 saturated heterocycles. The van der Waals surface area contributed by atoms with Gasteiger partial charge in [-0.15, -0.1) is 20.4 Å². The minimum Gasteiger partial charge on any atom is -0.392 e. The van der Waals surface area contributed by atoms with E-state index in [-0.39, 0.29) is 6.61 Å². The quantitative estimate of drug-likeness (QED) is 0.285. The number of aromatic nitrogens is 8. The van der Waals surface area contributed by atoms with Gasteiger partial charge in [0.15, 0.2) is 0 Å². The minimum atomic E-state index is 0.0484. The molecule has 0 unspecified atom stereocenters. The van der Waals surface area contributed by atoms with Crippen LogP contribution in [-0.2, 0) is 6.61 Å². The van der Waals surface area contributed by atoms with Crippen molar-refractivity contribution in [3.63, 3.8) is 0 Å². The van der Waals surface area contributed by atoms with Crippen molar-refractivity contribution in [1.82, 2.24) is 41.2 Å². The van der Waals surface area contributed by atoms with Crippen LogP contribution in [0.2, 0.25) is 0 Å². The number of carbonyl (C=O) groups excluding carboxylic acids is 1. The lowest BCUT2D eigenvalue weighted by Crippen LogP contribution is -1.88. The molecule has 0 amide bonds. The van der Waals surface area contributed by atoms with Gasteiger partial charge in [0.1, 0.15) is 6.29 Å². The molecule has 0 bridgehead atoms. The molecular formula is C28H22N8O2. The summed E-state index contributed by atoms with van der Waals surface area (Å²) in [6.07, 6.45) is 0.828. The van der Waals surface area contributed by atoms with E-state index < -0.39 is 0 Å². The van der Waals surface area contributed by atoms with Gasteiger partial charge < -0.3 is 5.11 Å². The molecule has 10 nitrogen and oxygen atoms in total. The number of aldehydes is 1. The largest absolute Gasteiger partial charge is 0.392 e. The molecule has 186 valence electrons. The summed E-state index contributed by atoms with van der Waals surface area (Å²) in [7, 11) is 0. The van der Waals surface area contributed by atoms with Gasteiger partial charge in [0, 0.05) is 16.7 Å². The van der Waals surface area contributed by atoms with Crippen molar-refractivity contribution in [3.8, 4) is 45.0 Å². The van der Waals surface area contributed by atoms with Crippen molar-refractivity contribution in [2.75, 3.05) is 0 Å². The number of H-pyrrole nitrogens is 2. The molecule has 0 fully saturated rings. The zero-order valence-corrected chi connectivity index (χ0v) is 20.1. The van der Waals surface area contributed by atoms with E-state index in [4.69, 9.17) is 5.11 Å². The molecule has 6 rings (SSSR count). The standard InChI is InChI=1S/C14H12N4O.C14H10N4O/c2*19-9-10-5-7-11(8-6-10)12-3-1-2-4-13(12)14-15-17-18-16-14/h1-8,19H,9H2,(H,15,16,17,18);1-9H,(H,15,16,17,18). The Morgan fingerprint density at radius 3 is 1.45 bits per heavy atom. The van der Waals surface area contributed by atoms with Crippen LogP contribution >= 0.6 is 0 Å². The first-order chi connectivity index (χ1) is 18.8. The second kappa shape index (κ2) is 11.6. The van der Waals surface area contributed by atoms with Crippen molar-refractivity contribution in [3.05, 3.63) is 108 Å². The van der Waals surface area contributed by atoms with Crippen LogP contribution in [0.15, 0.2) is 97.1 Å². The third-order valence-electron chi connectivity index (χ3n) is 5.83. The van der Waals surface area contributed by atoms with Gasteiger partial charge >= 0.3 is 0 Å². The first-order valence-corrected chi connectivity index (χ1v) is 11.7. The molecule has 2 heterocycles. The van der Waals surface area contributed by atoms with Gasteiger partial charge in [0.2, 0.25) is 11.6 Å². The predicted molar refractivity (Wildman–Crippen MR) is 141 cm³/mol. The van der Waals surface area contributed by atoms with Crippen molar-refractivity contribution in [2.45, 2.75) is 6.61 Å². The zero-order valence-electron chi connectivity index (χ0n) is 20.1. The summed E-state index contributed by atoms with van der Waals surface area (Å²) in [6, 6.07) is 30.8. The number of tetrazole rings is 2. The minimum absolute atomic E-state index is 0.0484. The summed E-state index contributed by atoms with van der Waals surface area (Å²) in [6.45, 7) is 0.0484. The highest BCUT2D eigenvalue weighted by atomic mass is 16.3. The van der Waals surface area contributed by atoms with Crippen LogP contribution in [0.25, 0.3) is 45.0 Å². The van der Waals surface area contributed by atoms with Gasteiger partial charge in [0.25, 0.3) is 0 Å². The van der Waals surface area contributed by atoms with E-state index in [0.717, 1.165) is 45.2 Å². The number of rotatable bonds is 6. The maximum atomic E-state index is 10.7. The number of aliphatic hydroxyl groups is 1. The van der Waals surface area contributed by atoms with E-state index in [1.54, 1.807) is 12.1 Å². The maximum Gasteiger partial charge on any atom is 0.205 e. The number of hydrogen-bond acceptors (Lipinski definition) is 8. The van der Waals surface area contributed by atoms with Crippen molar-refractivity contribution in [2.24, 2.45) is 0 Å². The van der Waals surface area contributed by atoms with Crippen LogP contribution in [0.1, 0.15) is 15.9 Å². The van der Waals surface area contributed by atoms with Crippen LogP contribution in [0.5, 0.6) is 0 Å². The van der Waals surface area contributed by atoms with Crippen LogP contribution in [0, 0.1) is 0 Å². The molecule has 0 aliphatic rings. The van der Waals surface area contributed by atoms with E-state index in [1.165, 1.54) is 0 Å². The lowest BCUT2D eigenvalue weighted by Gasteiger charge is -2.07. The molecule has 4 aromatic carbocycles. The maximum absolute atomic E-state index is 10.7. The highest BCUT2D eigenvalue weighted by molar-refractivity contribution is 5.83. The summed E-state index contributed by atoms with van der Waals surface area (Å²) in [5.74, 6) is 1.12. The van der Waals surface area contributed by atoms with Crippen LogP contribution in [-0.4, -0.2) is 52.6 Å². The number of aliphatic hydroxyl groups excluding tert-OH is 1. The number of hydrogen-bond donors (Lipinski definition) is 3. The lowest BCUT2D eigenvalue weighted by atomic mass is 9.98. The highest BCUT2D eigenvalue weighted by Gasteiger charge is 2.11. The predicted octanol–water partition coefficient (Wildman–Crippen LogP) is 4.37. The molecular weight excluding hydrogens is 480 g/mol. The number of nitrogens with zero attached hydrogens (tertiary/aromatic N) is 6. The number of nitrogens with one attached hydrogen (secondary N) is 2. The molecule has 6 aromatic rings. The molecule has 0 radical (unpaired) electrons. The van der Waals surface area contributed by atoms with E-state index in [1.807, 2.05) is 84.9 Å². The Morgan fingerprint density at radius 2 is 1.05 bits per heavy atom. The van der Waals surface area contributed by atoms with Gasteiger partial charge in [0.05, 0.1) is 6.61 Å². The Bertz CT molecular complexity index is 1600. The Hall–Kier alpha value is -5.35. The Balaban J connectivity index is 0.000000155. The second-order valence-electron chi connectivity index (χ2n) is 8.16. The average molecular weight is 503 g/mol. The van der Waals surface area contributed by atoms with E-state index in [2.05, 4.69) is 41.2 Å². The van der Waals surface area contributed by atoms with Crippen LogP contribution in [0.4, 0.5) is 0 Å². The highest BCUT2D eigenvalue weighted by Crippen LogP contribution is 2.30. The first-order valence-electron chi connectivity index (χ1n) is 11.7. The molecule has 0 aliphatic heterocycles. The Kier molecular flexibility index (Phi) is 7.43. The summed E-state index contributed by atoms with van der Waals surface area (Å²) < 4.78 is 0. The summed E-state index contributed by atoms with van der Waals surface area (Å²) in [4.78, 5) is 10.7. The fourth-order valence-electron chi connectivity index (χ4n) is 3.94. The Labute approximate surface area is 217 Å². The van der Waals surface area contributed by atoms with Crippen LogP contribution < -0.4 is 0 Å². The van der Waals surface area contributed by atoms with Gasteiger partial charge in [-0.3, -0.25) is 4.79 Å². The fraction of sp³-hybridized carbons (Fsp3) is 0.0357. The van der Waals surface area contributed by atoms with Gasteiger partial charge in [-0.1, -0.05) is 97.1 Å². The normalized spacial score (nSPS) is 10.4. The number of benzene rings is 4. The third-order valence-corrected chi connectivity index (χ3v) is 5.83. The summed E-state index contributed by atoms with van der Waals surface area (Å²) in [5, 5.41) is 37.2. The van der Waals surface area contributed by atoms with Gasteiger partial charge in [-0.05, 0) is 38.2 Å². The van der Waals surface area contributed by atoms with E-state index >= 15 is 0 Å². The summed E-state index contributed by atoms with van der Waals surface area (Å²) >= 11 is 0. The molecule has 38 heavy (non-hydrogen) atoms. The first kappa shape index (κ1) is 24.3. The fourth-order valence-corrected chi connectivity index (χ4v) is 3.94. The third kappa shape index (κ3) is 5.40. The van der Waals surface area contributed by atoms with E-state index in [9.17, 15) is 4.79 Å². The number of aromatic amines is 2. The van der Waals surface area contributed by atoms with Gasteiger partial charge in [-0.2, -0.15) is 10.4 Å². The molecule has 0 aliphatic carbocycles. The van der Waals surface area contributed by atoms with Crippen molar-refractivity contribution in [1.29, 1.82) is 0 Å². The monoisotopic (exact) mass is 502 g/mol. The van der Waals surface area contributed by atoms with Crippen molar-refractivity contribution >= 4 is 6.29 Å². The molecule has 3 N–H and O–H groups in total. The molecule has 0 spiro atoms. The van der Waals surface area contributed by atoms with Crippen molar-refractivity contribution < 1.29 is 9.90 Å².